The number of aryl methyl sites for hydroxylation is 2. The second kappa shape index (κ2) is 13.6. The van der Waals surface area contributed by atoms with Gasteiger partial charge in [-0.05, 0) is 105 Å². The zero-order chi connectivity index (χ0) is 33.3. The van der Waals surface area contributed by atoms with Crippen LogP contribution in [0.25, 0.3) is 15.8 Å². The number of Topliss-reactive ketones (excluding diaryl/α,β-unsaturated/α-hetero) is 1. The smallest absolute Gasteiger partial charge is 0.317 e. The number of thiophene rings is 1. The molecule has 1 atom stereocenters. The van der Waals surface area contributed by atoms with Crippen molar-refractivity contribution in [2.45, 2.75) is 65.2 Å². The van der Waals surface area contributed by atoms with Crippen LogP contribution < -0.4 is 16.0 Å². The number of urea groups is 1. The van der Waals surface area contributed by atoms with Gasteiger partial charge in [-0.15, -0.1) is 11.3 Å². The zero-order valence-electron chi connectivity index (χ0n) is 27.6. The maximum absolute atomic E-state index is 14.1. The highest BCUT2D eigenvalue weighted by molar-refractivity contribution is 7.19. The van der Waals surface area contributed by atoms with Crippen LogP contribution in [0.15, 0.2) is 72.8 Å². The van der Waals surface area contributed by atoms with Crippen LogP contribution in [0.3, 0.4) is 0 Å². The van der Waals surface area contributed by atoms with Gasteiger partial charge in [0.1, 0.15) is 11.6 Å². The first-order valence-corrected chi connectivity index (χ1v) is 17.4. The molecule has 0 radical (unpaired) electrons. The van der Waals surface area contributed by atoms with Gasteiger partial charge in [0.05, 0.1) is 11.4 Å². The van der Waals surface area contributed by atoms with Crippen molar-refractivity contribution in [1.82, 2.24) is 15.1 Å². The molecule has 244 valence electrons. The van der Waals surface area contributed by atoms with Gasteiger partial charge in [-0.1, -0.05) is 62.2 Å². The number of rotatable bonds is 8. The van der Waals surface area contributed by atoms with E-state index in [1.165, 1.54) is 0 Å². The van der Waals surface area contributed by atoms with E-state index in [4.69, 9.17) is 16.7 Å². The number of benzene rings is 3. The molecule has 3 heterocycles. The van der Waals surface area contributed by atoms with Gasteiger partial charge in [0.15, 0.2) is 0 Å². The predicted octanol–water partition coefficient (Wildman–Crippen LogP) is 9.19. The zero-order valence-corrected chi connectivity index (χ0v) is 29.2. The van der Waals surface area contributed by atoms with Crippen LogP contribution in [0.2, 0.25) is 5.02 Å². The number of nitrogens with one attached hydrogen (secondary N) is 3. The van der Waals surface area contributed by atoms with Gasteiger partial charge in [-0.3, -0.25) is 10.1 Å². The molecule has 3 N–H and O–H groups in total. The summed E-state index contributed by atoms with van der Waals surface area (Å²) in [6, 6.07) is 23.3. The number of fused-ring (bicyclic) bond motifs is 1. The maximum Gasteiger partial charge on any atom is 0.324 e. The molecule has 2 amide bonds. The third kappa shape index (κ3) is 7.45. The topological polar surface area (TPSA) is 88.1 Å². The van der Waals surface area contributed by atoms with Gasteiger partial charge in [-0.25, -0.2) is 9.48 Å². The predicted molar refractivity (Wildman–Crippen MR) is 195 cm³/mol. The van der Waals surface area contributed by atoms with E-state index in [1.807, 2.05) is 79.7 Å². The van der Waals surface area contributed by atoms with Gasteiger partial charge in [0.2, 0.25) is 0 Å². The molecule has 1 aliphatic rings. The van der Waals surface area contributed by atoms with Gasteiger partial charge in [-0.2, -0.15) is 5.10 Å². The number of amides is 2. The largest absolute Gasteiger partial charge is 0.324 e. The summed E-state index contributed by atoms with van der Waals surface area (Å²) in [5.74, 6) is 0.861. The molecule has 0 aliphatic carbocycles. The van der Waals surface area contributed by atoms with Crippen molar-refractivity contribution in [3.63, 3.8) is 0 Å². The number of piperidine rings is 1. The molecule has 7 nitrogen and oxygen atoms in total. The number of halogens is 1. The number of aromatic nitrogens is 2. The van der Waals surface area contributed by atoms with Crippen molar-refractivity contribution in [3.05, 3.63) is 105 Å². The average Bonchev–Trinajstić information content (AvgIpc) is 3.60. The van der Waals surface area contributed by atoms with E-state index in [0.29, 0.717) is 22.9 Å². The molecule has 1 fully saturated rings. The number of ketones is 1. The highest BCUT2D eigenvalue weighted by atomic mass is 35.5. The SMILES string of the molecule is Cc1ccc(-n2nc(C(C)(C)C)cc2NC(=O)Nc2ccc(C(C(=O)Cc3sc4ccc(Cl)cc4c3C)C3CCNCC3)cc2)cc1. The fraction of sp³-hybridized carbons (Fsp3) is 0.342. The van der Waals surface area contributed by atoms with Crippen LogP contribution in [0.5, 0.6) is 0 Å². The van der Waals surface area contributed by atoms with Gasteiger partial charge in [0, 0.05) is 44.1 Å². The van der Waals surface area contributed by atoms with Crippen LogP contribution >= 0.6 is 22.9 Å². The van der Waals surface area contributed by atoms with E-state index in [1.54, 1.807) is 16.0 Å². The first-order chi connectivity index (χ1) is 22.5. The number of carbonyl (C=O) groups is 2. The quantitative estimate of drug-likeness (QED) is 0.154. The Balaban J connectivity index is 1.20. The average molecular weight is 668 g/mol. The molecule has 5 aromatic rings. The Morgan fingerprint density at radius 2 is 1.68 bits per heavy atom. The van der Waals surface area contributed by atoms with Crippen molar-refractivity contribution in [2.75, 3.05) is 23.7 Å². The summed E-state index contributed by atoms with van der Waals surface area (Å²) >= 11 is 7.95. The van der Waals surface area contributed by atoms with Crippen LogP contribution in [-0.2, 0) is 16.6 Å². The van der Waals surface area contributed by atoms with Crippen molar-refractivity contribution in [1.29, 1.82) is 0 Å². The Hall–Kier alpha value is -3.98. The minimum absolute atomic E-state index is 0.190. The Morgan fingerprint density at radius 3 is 2.36 bits per heavy atom. The van der Waals surface area contributed by atoms with Gasteiger partial charge >= 0.3 is 6.03 Å². The molecule has 1 unspecified atom stereocenters. The summed E-state index contributed by atoms with van der Waals surface area (Å²) in [6.07, 6.45) is 2.29. The summed E-state index contributed by atoms with van der Waals surface area (Å²) in [7, 11) is 0. The van der Waals surface area contributed by atoms with E-state index >= 15 is 0 Å². The Kier molecular flexibility index (Phi) is 9.55. The van der Waals surface area contributed by atoms with E-state index in [0.717, 1.165) is 69.0 Å². The van der Waals surface area contributed by atoms with E-state index in [-0.39, 0.29) is 29.1 Å². The summed E-state index contributed by atoms with van der Waals surface area (Å²) in [6.45, 7) is 12.2. The summed E-state index contributed by atoms with van der Waals surface area (Å²) in [4.78, 5) is 28.4. The highest BCUT2D eigenvalue weighted by Gasteiger charge is 2.31. The number of nitrogens with zero attached hydrogens (tertiary/aromatic N) is 2. The Morgan fingerprint density at radius 1 is 0.979 bits per heavy atom. The fourth-order valence-corrected chi connectivity index (χ4v) is 7.72. The lowest BCUT2D eigenvalue weighted by atomic mass is 9.77. The lowest BCUT2D eigenvalue weighted by molar-refractivity contribution is -0.121. The van der Waals surface area contributed by atoms with E-state index in [9.17, 15) is 9.59 Å². The second-order valence-electron chi connectivity index (χ2n) is 13.6. The number of hydrogen-bond acceptors (Lipinski definition) is 5. The van der Waals surface area contributed by atoms with Crippen molar-refractivity contribution >= 4 is 56.3 Å². The minimum atomic E-state index is -0.363. The monoisotopic (exact) mass is 667 g/mol. The first kappa shape index (κ1) is 32.9. The summed E-state index contributed by atoms with van der Waals surface area (Å²) in [5, 5.41) is 16.1. The van der Waals surface area contributed by atoms with Crippen LogP contribution in [0.1, 0.15) is 66.8 Å². The Labute approximate surface area is 285 Å². The molecule has 1 saturated heterocycles. The Bertz CT molecular complexity index is 1900. The van der Waals surface area contributed by atoms with Crippen LogP contribution in [0, 0.1) is 19.8 Å². The fourth-order valence-electron chi connectivity index (χ4n) is 6.35. The third-order valence-corrected chi connectivity index (χ3v) is 10.6. The molecular formula is C38H42ClN5O2S. The van der Waals surface area contributed by atoms with Crippen molar-refractivity contribution in [3.8, 4) is 5.69 Å². The molecule has 6 rings (SSSR count). The number of carbonyl (C=O) groups excluding carboxylic acids is 2. The molecule has 47 heavy (non-hydrogen) atoms. The lowest BCUT2D eigenvalue weighted by Gasteiger charge is -2.30. The van der Waals surface area contributed by atoms with E-state index in [2.05, 4.69) is 43.6 Å². The molecule has 0 spiro atoms. The van der Waals surface area contributed by atoms with Crippen LogP contribution in [0.4, 0.5) is 16.3 Å². The number of anilines is 2. The van der Waals surface area contributed by atoms with Crippen LogP contribution in [-0.4, -0.2) is 34.7 Å². The lowest BCUT2D eigenvalue weighted by Crippen LogP contribution is -2.34. The van der Waals surface area contributed by atoms with Gasteiger partial charge in [0.25, 0.3) is 0 Å². The minimum Gasteiger partial charge on any atom is -0.317 e. The molecular weight excluding hydrogens is 626 g/mol. The molecule has 9 heteroatoms. The van der Waals surface area contributed by atoms with Crippen molar-refractivity contribution in [2.24, 2.45) is 5.92 Å². The molecule has 3 aromatic carbocycles. The molecule has 0 bridgehead atoms. The highest BCUT2D eigenvalue weighted by Crippen LogP contribution is 2.37. The molecule has 0 saturated carbocycles. The summed E-state index contributed by atoms with van der Waals surface area (Å²) in [5.41, 5.74) is 5.48. The number of hydrogen-bond donors (Lipinski definition) is 3. The molecule has 1 aliphatic heterocycles. The van der Waals surface area contributed by atoms with Gasteiger partial charge < -0.3 is 10.6 Å². The third-order valence-electron chi connectivity index (χ3n) is 9.06. The summed E-state index contributed by atoms with van der Waals surface area (Å²) < 4.78 is 2.92. The molecule has 2 aromatic heterocycles. The standard InChI is InChI=1S/C38H42ClN5O2S/c1-23-6-13-29(14-7-23)44-35(22-34(43-44)38(3,4)5)42-37(46)41-28-11-8-25(9-12-28)36(26-16-18-40-19-17-26)31(45)21-33-24(2)30-20-27(39)10-15-32(30)47-33/h6-15,20,22,26,36,40H,16-19,21H2,1-5H3,(H2,41,42,46). The second-order valence-corrected chi connectivity index (χ2v) is 15.2. The first-order valence-electron chi connectivity index (χ1n) is 16.2. The maximum atomic E-state index is 14.1. The van der Waals surface area contributed by atoms with E-state index < -0.39 is 0 Å². The van der Waals surface area contributed by atoms with Crippen molar-refractivity contribution < 1.29 is 9.59 Å². The normalized spacial score (nSPS) is 14.7.